The number of amides is 1. The molecular weight excluding hydrogens is 347 g/mol. The third kappa shape index (κ3) is 3.29. The van der Waals surface area contributed by atoms with Gasteiger partial charge in [0, 0.05) is 25.0 Å². The minimum Gasteiger partial charge on any atom is -0.316 e. The second-order valence-electron chi connectivity index (χ2n) is 5.09. The van der Waals surface area contributed by atoms with E-state index in [1.54, 1.807) is 34.8 Å². The molecule has 0 N–H and O–H groups in total. The molecule has 0 atom stereocenters. The van der Waals surface area contributed by atoms with Gasteiger partial charge in [0.1, 0.15) is 11.5 Å². The van der Waals surface area contributed by atoms with Gasteiger partial charge in [0.05, 0.1) is 10.2 Å². The summed E-state index contributed by atoms with van der Waals surface area (Å²) in [4.78, 5) is 17.4. The number of aromatic nitrogens is 3. The Balaban J connectivity index is 2.11. The summed E-state index contributed by atoms with van der Waals surface area (Å²) in [5.74, 6) is 0.263. The van der Waals surface area contributed by atoms with Crippen molar-refractivity contribution < 1.29 is 9.18 Å². The lowest BCUT2D eigenvalue weighted by Crippen LogP contribution is -2.19. The molecule has 2 aromatic heterocycles. The predicted octanol–water partition coefficient (Wildman–Crippen LogP) is 3.16. The number of thiazole rings is 1. The highest BCUT2D eigenvalue weighted by Gasteiger charge is 2.12. The van der Waals surface area contributed by atoms with E-state index in [0.29, 0.717) is 23.6 Å². The van der Waals surface area contributed by atoms with E-state index in [2.05, 4.69) is 10.1 Å². The van der Waals surface area contributed by atoms with E-state index >= 15 is 0 Å². The molecule has 1 amide bonds. The lowest BCUT2D eigenvalue weighted by Gasteiger charge is -2.04. The third-order valence-electron chi connectivity index (χ3n) is 3.60. The number of halogens is 1. The number of hydrogen-bond donors (Lipinski definition) is 0. The first-order valence-corrected chi connectivity index (χ1v) is 9.73. The first-order valence-electron chi connectivity index (χ1n) is 7.52. The molecule has 1 aromatic carbocycles. The molecule has 0 aliphatic heterocycles. The Hall–Kier alpha value is -1.93. The third-order valence-corrected chi connectivity index (χ3v) is 5.23. The molecule has 0 fully saturated rings. The van der Waals surface area contributed by atoms with Gasteiger partial charge in [0.2, 0.25) is 0 Å². The fourth-order valence-corrected chi connectivity index (χ4v) is 3.89. The van der Waals surface area contributed by atoms with Crippen molar-refractivity contribution in [2.24, 2.45) is 4.99 Å². The normalized spacial score (nSPS) is 12.2. The summed E-state index contributed by atoms with van der Waals surface area (Å²) in [7, 11) is 0. The maximum atomic E-state index is 13.5. The van der Waals surface area contributed by atoms with Gasteiger partial charge in [-0.3, -0.25) is 9.48 Å². The summed E-state index contributed by atoms with van der Waals surface area (Å²) in [6.45, 7) is 3.24. The molecule has 0 saturated carbocycles. The maximum Gasteiger partial charge on any atom is 0.297 e. The van der Waals surface area contributed by atoms with E-state index in [4.69, 9.17) is 0 Å². The zero-order valence-corrected chi connectivity index (χ0v) is 15.0. The second-order valence-corrected chi connectivity index (χ2v) is 7.08. The molecule has 0 spiro atoms. The van der Waals surface area contributed by atoms with Crippen molar-refractivity contribution in [1.29, 1.82) is 0 Å². The molecule has 8 heteroatoms. The highest BCUT2D eigenvalue weighted by Crippen LogP contribution is 2.19. The van der Waals surface area contributed by atoms with Crippen LogP contribution in [-0.2, 0) is 13.1 Å². The average molecular weight is 364 g/mol. The van der Waals surface area contributed by atoms with Gasteiger partial charge in [-0.05, 0) is 37.4 Å². The van der Waals surface area contributed by atoms with E-state index in [1.807, 2.05) is 17.7 Å². The Morgan fingerprint density at radius 3 is 3.00 bits per heavy atom. The fourth-order valence-electron chi connectivity index (χ4n) is 2.44. The van der Waals surface area contributed by atoms with Gasteiger partial charge >= 0.3 is 0 Å². The minimum atomic E-state index is -0.334. The predicted molar refractivity (Wildman–Crippen MR) is 95.9 cm³/mol. The Bertz CT molecular complexity index is 941. The molecule has 0 bridgehead atoms. The average Bonchev–Trinajstić information content (AvgIpc) is 3.16. The van der Waals surface area contributed by atoms with Crippen molar-refractivity contribution in [1.82, 2.24) is 14.3 Å². The largest absolute Gasteiger partial charge is 0.316 e. The van der Waals surface area contributed by atoms with Crippen molar-refractivity contribution in [2.45, 2.75) is 20.0 Å². The number of rotatable bonds is 5. The van der Waals surface area contributed by atoms with Crippen molar-refractivity contribution in [3.63, 3.8) is 0 Å². The SMILES string of the molecule is CCn1nccc1C(=O)N=c1sc2cc(F)ccc2n1CCSC. The molecule has 0 radical (unpaired) electrons. The number of benzene rings is 1. The zero-order valence-electron chi connectivity index (χ0n) is 13.4. The van der Waals surface area contributed by atoms with Crippen LogP contribution in [0, 0.1) is 5.82 Å². The highest BCUT2D eigenvalue weighted by atomic mass is 32.2. The van der Waals surface area contributed by atoms with Gasteiger partial charge in [-0.1, -0.05) is 11.3 Å². The van der Waals surface area contributed by atoms with Crippen LogP contribution in [0.25, 0.3) is 10.2 Å². The van der Waals surface area contributed by atoms with Gasteiger partial charge in [-0.2, -0.15) is 21.9 Å². The fraction of sp³-hybridized carbons (Fsp3) is 0.312. The molecule has 0 unspecified atom stereocenters. The van der Waals surface area contributed by atoms with E-state index in [9.17, 15) is 9.18 Å². The molecule has 0 aliphatic rings. The number of hydrogen-bond acceptors (Lipinski definition) is 4. The van der Waals surface area contributed by atoms with Gasteiger partial charge in [0.25, 0.3) is 5.91 Å². The quantitative estimate of drug-likeness (QED) is 0.699. The second kappa shape index (κ2) is 7.31. The zero-order chi connectivity index (χ0) is 17.1. The van der Waals surface area contributed by atoms with Crippen molar-refractivity contribution in [2.75, 3.05) is 12.0 Å². The molecule has 5 nitrogen and oxygen atoms in total. The van der Waals surface area contributed by atoms with E-state index < -0.39 is 0 Å². The van der Waals surface area contributed by atoms with Crippen molar-refractivity contribution in [3.8, 4) is 0 Å². The van der Waals surface area contributed by atoms with Crippen LogP contribution >= 0.6 is 23.1 Å². The number of fused-ring (bicyclic) bond motifs is 1. The summed E-state index contributed by atoms with van der Waals surface area (Å²) >= 11 is 3.04. The van der Waals surface area contributed by atoms with Gasteiger partial charge in [0.15, 0.2) is 4.80 Å². The molecular formula is C16H17FN4OS2. The van der Waals surface area contributed by atoms with E-state index in [0.717, 1.165) is 16.0 Å². The molecule has 2 heterocycles. The number of carbonyl (C=O) groups excluding carboxylic acids is 1. The van der Waals surface area contributed by atoms with Crippen LogP contribution in [0.4, 0.5) is 4.39 Å². The van der Waals surface area contributed by atoms with Crippen molar-refractivity contribution in [3.05, 3.63) is 46.8 Å². The Morgan fingerprint density at radius 1 is 1.42 bits per heavy atom. The van der Waals surface area contributed by atoms with Crippen LogP contribution in [0.5, 0.6) is 0 Å². The van der Waals surface area contributed by atoms with Crippen LogP contribution in [0.1, 0.15) is 17.4 Å². The first-order chi connectivity index (χ1) is 11.6. The molecule has 24 heavy (non-hydrogen) atoms. The summed E-state index contributed by atoms with van der Waals surface area (Å²) < 4.78 is 17.9. The Morgan fingerprint density at radius 2 is 2.25 bits per heavy atom. The van der Waals surface area contributed by atoms with E-state index in [-0.39, 0.29) is 11.7 Å². The lowest BCUT2D eigenvalue weighted by atomic mass is 10.3. The Labute approximate surface area is 146 Å². The summed E-state index contributed by atoms with van der Waals surface area (Å²) in [5, 5.41) is 4.10. The van der Waals surface area contributed by atoms with Crippen LogP contribution in [0.2, 0.25) is 0 Å². The smallest absolute Gasteiger partial charge is 0.297 e. The highest BCUT2D eigenvalue weighted by molar-refractivity contribution is 7.98. The molecule has 3 rings (SSSR count). The number of nitrogens with zero attached hydrogens (tertiary/aromatic N) is 4. The first kappa shape index (κ1) is 16.9. The lowest BCUT2D eigenvalue weighted by molar-refractivity contribution is 0.0987. The standard InChI is InChI=1S/C16H17FN4OS2/c1-3-21-13(6-7-18-21)15(22)19-16-20(8-9-23-2)12-5-4-11(17)10-14(12)24-16/h4-7,10H,3,8-9H2,1-2H3. The molecule has 0 aliphatic carbocycles. The summed E-state index contributed by atoms with van der Waals surface area (Å²) in [6.07, 6.45) is 3.62. The molecule has 126 valence electrons. The number of aryl methyl sites for hydroxylation is 2. The van der Waals surface area contributed by atoms with Gasteiger partial charge < -0.3 is 4.57 Å². The van der Waals surface area contributed by atoms with Crippen molar-refractivity contribution >= 4 is 39.2 Å². The van der Waals surface area contributed by atoms with E-state index in [1.165, 1.54) is 23.5 Å². The van der Waals surface area contributed by atoms with Crippen LogP contribution in [0.3, 0.4) is 0 Å². The van der Waals surface area contributed by atoms with Crippen LogP contribution in [0.15, 0.2) is 35.5 Å². The Kier molecular flexibility index (Phi) is 5.15. The number of carbonyl (C=O) groups is 1. The molecule has 3 aromatic rings. The molecule has 0 saturated heterocycles. The summed E-state index contributed by atoms with van der Waals surface area (Å²) in [5.41, 5.74) is 1.35. The monoisotopic (exact) mass is 364 g/mol. The maximum absolute atomic E-state index is 13.5. The minimum absolute atomic E-state index is 0.289. The van der Waals surface area contributed by atoms with Gasteiger partial charge in [-0.25, -0.2) is 4.39 Å². The van der Waals surface area contributed by atoms with Gasteiger partial charge in [-0.15, -0.1) is 0 Å². The van der Waals surface area contributed by atoms with Crippen LogP contribution in [-0.4, -0.2) is 32.3 Å². The topological polar surface area (TPSA) is 52.2 Å². The number of thioether (sulfide) groups is 1. The van der Waals surface area contributed by atoms with Crippen LogP contribution < -0.4 is 4.80 Å². The summed E-state index contributed by atoms with van der Waals surface area (Å²) in [6, 6.07) is 6.31.